The van der Waals surface area contributed by atoms with E-state index >= 15 is 0 Å². The third-order valence-electron chi connectivity index (χ3n) is 4.87. The minimum absolute atomic E-state index is 0.0481. The van der Waals surface area contributed by atoms with Crippen LogP contribution in [0.4, 0.5) is 5.69 Å². The van der Waals surface area contributed by atoms with Crippen molar-refractivity contribution in [1.29, 1.82) is 5.41 Å². The second kappa shape index (κ2) is 11.0. The van der Waals surface area contributed by atoms with Crippen molar-refractivity contribution >= 4 is 29.3 Å². The van der Waals surface area contributed by atoms with E-state index in [1.54, 1.807) is 49.4 Å². The standard InChI is InChI=1S/C23H26N4O6/c1-2-31-22(30)12-17(15-5-8-18-19(11-15)33-13-32-18)27-21(29)10-9-20(28)26-16-6-3-14(4-7-16)23(24)25/h3-8,11,17H,2,9-10,12-13H2,1H3,(H3,24,25)(H,26,28)(H,27,29)/t17-/m0/s1. The Morgan fingerprint density at radius 1 is 1.06 bits per heavy atom. The average molecular weight is 454 g/mol. The maximum Gasteiger partial charge on any atom is 0.308 e. The molecule has 0 bridgehead atoms. The fourth-order valence-electron chi connectivity index (χ4n) is 3.22. The number of hydrogen-bond acceptors (Lipinski definition) is 7. The molecular formula is C23H26N4O6. The van der Waals surface area contributed by atoms with Gasteiger partial charge in [-0.1, -0.05) is 6.07 Å². The minimum Gasteiger partial charge on any atom is -0.466 e. The predicted octanol–water partition coefficient (Wildman–Crippen LogP) is 2.23. The van der Waals surface area contributed by atoms with Crippen LogP contribution in [0.1, 0.15) is 43.4 Å². The SMILES string of the molecule is CCOC(=O)C[C@H](NC(=O)CCC(=O)Nc1ccc(C(=N)N)cc1)c1ccc2c(c1)OCO2. The number of amides is 2. The molecule has 0 radical (unpaired) electrons. The van der Waals surface area contributed by atoms with Crippen LogP contribution >= 0.6 is 0 Å². The van der Waals surface area contributed by atoms with E-state index < -0.39 is 12.0 Å². The topological polar surface area (TPSA) is 153 Å². The van der Waals surface area contributed by atoms with Crippen LogP contribution in [0.25, 0.3) is 0 Å². The van der Waals surface area contributed by atoms with Gasteiger partial charge in [0.2, 0.25) is 18.6 Å². The molecule has 0 aromatic heterocycles. The van der Waals surface area contributed by atoms with Gasteiger partial charge < -0.3 is 30.6 Å². The lowest BCUT2D eigenvalue weighted by Gasteiger charge is -2.19. The van der Waals surface area contributed by atoms with Gasteiger partial charge in [0.05, 0.1) is 19.1 Å². The number of nitrogen functional groups attached to an aromatic ring is 1. The van der Waals surface area contributed by atoms with E-state index in [1.165, 1.54) is 0 Å². The van der Waals surface area contributed by atoms with Crippen molar-refractivity contribution in [2.24, 2.45) is 5.73 Å². The molecule has 1 aliphatic rings. The van der Waals surface area contributed by atoms with Gasteiger partial charge in [-0.2, -0.15) is 0 Å². The molecule has 0 saturated heterocycles. The van der Waals surface area contributed by atoms with Gasteiger partial charge in [-0.3, -0.25) is 19.8 Å². The molecule has 3 rings (SSSR count). The molecule has 1 heterocycles. The molecule has 0 unspecified atom stereocenters. The highest BCUT2D eigenvalue weighted by molar-refractivity contribution is 5.96. The van der Waals surface area contributed by atoms with Gasteiger partial charge >= 0.3 is 5.97 Å². The Bertz CT molecular complexity index is 1040. The van der Waals surface area contributed by atoms with E-state index in [9.17, 15) is 14.4 Å². The number of nitrogens with two attached hydrogens (primary N) is 1. The predicted molar refractivity (Wildman–Crippen MR) is 120 cm³/mol. The Balaban J connectivity index is 1.57. The van der Waals surface area contributed by atoms with Crippen LogP contribution in [0, 0.1) is 5.41 Å². The number of benzene rings is 2. The maximum atomic E-state index is 12.5. The van der Waals surface area contributed by atoms with Crippen molar-refractivity contribution in [3.63, 3.8) is 0 Å². The third-order valence-corrected chi connectivity index (χ3v) is 4.87. The number of carbonyl (C=O) groups is 3. The third kappa shape index (κ3) is 6.70. The van der Waals surface area contributed by atoms with Gasteiger partial charge in [-0.25, -0.2) is 0 Å². The van der Waals surface area contributed by atoms with Crippen molar-refractivity contribution in [1.82, 2.24) is 5.32 Å². The molecule has 2 aromatic rings. The zero-order chi connectivity index (χ0) is 23.8. The van der Waals surface area contributed by atoms with Crippen molar-refractivity contribution in [2.45, 2.75) is 32.2 Å². The summed E-state index contributed by atoms with van der Waals surface area (Å²) in [7, 11) is 0. The Labute approximate surface area is 190 Å². The highest BCUT2D eigenvalue weighted by atomic mass is 16.7. The number of amidine groups is 1. The smallest absolute Gasteiger partial charge is 0.308 e. The van der Waals surface area contributed by atoms with Gasteiger partial charge in [-0.15, -0.1) is 0 Å². The lowest BCUT2D eigenvalue weighted by Crippen LogP contribution is -2.31. The quantitative estimate of drug-likeness (QED) is 0.244. The molecule has 0 spiro atoms. The molecule has 0 fully saturated rings. The van der Waals surface area contributed by atoms with Crippen molar-refractivity contribution in [3.05, 3.63) is 53.6 Å². The van der Waals surface area contributed by atoms with Gasteiger partial charge in [0.25, 0.3) is 0 Å². The summed E-state index contributed by atoms with van der Waals surface area (Å²) in [4.78, 5) is 36.8. The Hall–Kier alpha value is -4.08. The molecule has 2 aromatic carbocycles. The van der Waals surface area contributed by atoms with Crippen LogP contribution < -0.4 is 25.8 Å². The molecule has 0 saturated carbocycles. The largest absolute Gasteiger partial charge is 0.466 e. The van der Waals surface area contributed by atoms with Gasteiger partial charge in [0.15, 0.2) is 11.5 Å². The van der Waals surface area contributed by atoms with E-state index in [4.69, 9.17) is 25.4 Å². The van der Waals surface area contributed by atoms with Crippen LogP contribution in [-0.4, -0.2) is 37.0 Å². The van der Waals surface area contributed by atoms with Crippen molar-refractivity contribution < 1.29 is 28.6 Å². The monoisotopic (exact) mass is 454 g/mol. The van der Waals surface area contributed by atoms with Gasteiger partial charge in [-0.05, 0) is 48.9 Å². The summed E-state index contributed by atoms with van der Waals surface area (Å²) in [5, 5.41) is 12.9. The van der Waals surface area contributed by atoms with Crippen LogP contribution in [0.5, 0.6) is 11.5 Å². The molecule has 33 heavy (non-hydrogen) atoms. The molecule has 10 heteroatoms. The summed E-state index contributed by atoms with van der Waals surface area (Å²) in [5.41, 5.74) is 7.15. The number of ether oxygens (including phenoxy) is 3. The summed E-state index contributed by atoms with van der Waals surface area (Å²) < 4.78 is 15.7. The molecule has 5 N–H and O–H groups in total. The van der Waals surface area contributed by atoms with Gasteiger partial charge in [0.1, 0.15) is 5.84 Å². The first-order valence-corrected chi connectivity index (χ1v) is 10.4. The molecule has 10 nitrogen and oxygen atoms in total. The highest BCUT2D eigenvalue weighted by Gasteiger charge is 2.23. The zero-order valence-corrected chi connectivity index (χ0v) is 18.2. The van der Waals surface area contributed by atoms with E-state index in [0.29, 0.717) is 28.3 Å². The fourth-order valence-corrected chi connectivity index (χ4v) is 3.22. The number of carbonyl (C=O) groups excluding carboxylic acids is 3. The van der Waals surface area contributed by atoms with Crippen LogP contribution in [0.15, 0.2) is 42.5 Å². The number of fused-ring (bicyclic) bond motifs is 1. The summed E-state index contributed by atoms with van der Waals surface area (Å²) in [5.74, 6) is -0.120. The number of anilines is 1. The molecule has 174 valence electrons. The first kappa shape index (κ1) is 23.6. The maximum absolute atomic E-state index is 12.5. The normalized spacial score (nSPS) is 12.5. The van der Waals surface area contributed by atoms with Gasteiger partial charge in [0, 0.05) is 24.1 Å². The molecular weight excluding hydrogens is 428 g/mol. The summed E-state index contributed by atoms with van der Waals surface area (Å²) in [6.07, 6.45) is -0.178. The first-order chi connectivity index (χ1) is 15.9. The molecule has 2 amide bonds. The Morgan fingerprint density at radius 3 is 2.45 bits per heavy atom. The zero-order valence-electron chi connectivity index (χ0n) is 18.2. The van der Waals surface area contributed by atoms with E-state index in [0.717, 1.165) is 0 Å². The summed E-state index contributed by atoms with van der Waals surface area (Å²) >= 11 is 0. The first-order valence-electron chi connectivity index (χ1n) is 10.4. The Kier molecular flexibility index (Phi) is 7.85. The highest BCUT2D eigenvalue weighted by Crippen LogP contribution is 2.35. The molecule has 0 aliphatic carbocycles. The average Bonchev–Trinajstić information content (AvgIpc) is 3.26. The number of rotatable bonds is 10. The number of hydrogen-bond donors (Lipinski definition) is 4. The van der Waals surface area contributed by atoms with Crippen molar-refractivity contribution in [3.8, 4) is 11.5 Å². The van der Waals surface area contributed by atoms with E-state index in [1.807, 2.05) is 0 Å². The number of esters is 1. The fraction of sp³-hybridized carbons (Fsp3) is 0.304. The molecule has 1 atom stereocenters. The minimum atomic E-state index is -0.645. The lowest BCUT2D eigenvalue weighted by atomic mass is 10.0. The second-order valence-corrected chi connectivity index (χ2v) is 7.28. The van der Waals surface area contributed by atoms with Crippen LogP contribution in [-0.2, 0) is 19.1 Å². The van der Waals surface area contributed by atoms with Crippen LogP contribution in [0.2, 0.25) is 0 Å². The number of nitrogens with one attached hydrogen (secondary N) is 3. The second-order valence-electron chi connectivity index (χ2n) is 7.28. The lowest BCUT2D eigenvalue weighted by molar-refractivity contribution is -0.144. The Morgan fingerprint density at radius 2 is 1.76 bits per heavy atom. The van der Waals surface area contributed by atoms with E-state index in [-0.39, 0.29) is 50.3 Å². The summed E-state index contributed by atoms with van der Waals surface area (Å²) in [6.45, 7) is 2.05. The summed E-state index contributed by atoms with van der Waals surface area (Å²) in [6, 6.07) is 11.0. The molecule has 1 aliphatic heterocycles. The van der Waals surface area contributed by atoms with Crippen molar-refractivity contribution in [2.75, 3.05) is 18.7 Å². The van der Waals surface area contributed by atoms with E-state index in [2.05, 4.69) is 10.6 Å². The van der Waals surface area contributed by atoms with Crippen LogP contribution in [0.3, 0.4) is 0 Å².